The number of rotatable bonds is 25. The Labute approximate surface area is 207 Å². The SMILES string of the molecule is CO[Si](CCCOCC(O)CNCCNCC(O)COCCC[Si](OC)(OC)OC)(OC)OC. The molecule has 2 unspecified atom stereocenters. The highest BCUT2D eigenvalue weighted by Gasteiger charge is 2.37. The summed E-state index contributed by atoms with van der Waals surface area (Å²) >= 11 is 0. The van der Waals surface area contributed by atoms with Crippen molar-refractivity contribution in [3.8, 4) is 0 Å². The monoisotopic (exact) mass is 532 g/mol. The molecule has 14 heteroatoms. The van der Waals surface area contributed by atoms with Gasteiger partial charge in [0.05, 0.1) is 25.4 Å². The van der Waals surface area contributed by atoms with Crippen LogP contribution in [0.1, 0.15) is 12.8 Å². The Hall–Kier alpha value is -0.0462. The molecule has 0 fully saturated rings. The summed E-state index contributed by atoms with van der Waals surface area (Å²) in [5.41, 5.74) is 0. The minimum atomic E-state index is -2.56. The maximum atomic E-state index is 9.98. The largest absolute Gasteiger partial charge is 0.500 e. The highest BCUT2D eigenvalue weighted by atomic mass is 28.4. The molecule has 4 N–H and O–H groups in total. The molecule has 0 heterocycles. The zero-order valence-corrected chi connectivity index (χ0v) is 23.8. The van der Waals surface area contributed by atoms with Gasteiger partial charge in [0, 0.05) is 94.1 Å². The van der Waals surface area contributed by atoms with Gasteiger partial charge in [0.15, 0.2) is 0 Å². The van der Waals surface area contributed by atoms with Gasteiger partial charge in [-0.05, 0) is 12.8 Å². The molecule has 0 spiro atoms. The van der Waals surface area contributed by atoms with E-state index in [0.717, 1.165) is 12.8 Å². The van der Waals surface area contributed by atoms with Gasteiger partial charge in [0.2, 0.25) is 0 Å². The fourth-order valence-corrected chi connectivity index (χ4v) is 6.54. The third kappa shape index (κ3) is 15.2. The van der Waals surface area contributed by atoms with Gasteiger partial charge in [-0.1, -0.05) is 0 Å². The maximum absolute atomic E-state index is 9.98. The van der Waals surface area contributed by atoms with Crippen LogP contribution >= 0.6 is 0 Å². The molecule has 0 amide bonds. The molecule has 0 aromatic heterocycles. The van der Waals surface area contributed by atoms with Crippen LogP contribution in [0.2, 0.25) is 12.1 Å². The summed E-state index contributed by atoms with van der Waals surface area (Å²) in [5, 5.41) is 26.3. The van der Waals surface area contributed by atoms with E-state index in [1.807, 2.05) is 0 Å². The topological polar surface area (TPSA) is 138 Å². The molecule has 0 saturated carbocycles. The van der Waals surface area contributed by atoms with E-state index in [1.54, 1.807) is 42.7 Å². The van der Waals surface area contributed by atoms with E-state index in [-0.39, 0.29) is 13.2 Å². The van der Waals surface area contributed by atoms with Crippen LogP contribution in [-0.2, 0) is 36.0 Å². The first-order valence-electron chi connectivity index (χ1n) is 11.6. The zero-order chi connectivity index (χ0) is 25.7. The molecule has 12 nitrogen and oxygen atoms in total. The molecule has 0 aromatic rings. The van der Waals surface area contributed by atoms with Crippen LogP contribution in [-0.4, -0.2) is 135 Å². The second kappa shape index (κ2) is 21.1. The highest BCUT2D eigenvalue weighted by molar-refractivity contribution is 6.60. The van der Waals surface area contributed by atoms with E-state index >= 15 is 0 Å². The summed E-state index contributed by atoms with van der Waals surface area (Å²) < 4.78 is 43.2. The van der Waals surface area contributed by atoms with Gasteiger partial charge in [0.1, 0.15) is 0 Å². The first-order chi connectivity index (χ1) is 16.4. The Balaban J connectivity index is 3.62. The molecule has 0 aliphatic rings. The summed E-state index contributed by atoms with van der Waals surface area (Å²) in [4.78, 5) is 0. The molecule has 2 atom stereocenters. The van der Waals surface area contributed by atoms with E-state index in [2.05, 4.69) is 10.6 Å². The number of hydrogen-bond donors (Lipinski definition) is 4. The van der Waals surface area contributed by atoms with Gasteiger partial charge >= 0.3 is 17.6 Å². The number of ether oxygens (including phenoxy) is 2. The van der Waals surface area contributed by atoms with Crippen molar-refractivity contribution in [3.05, 3.63) is 0 Å². The van der Waals surface area contributed by atoms with Crippen molar-refractivity contribution < 1.29 is 46.2 Å². The van der Waals surface area contributed by atoms with E-state index < -0.39 is 29.8 Å². The Morgan fingerprint density at radius 3 is 1.21 bits per heavy atom. The molecular formula is C20H48N2O10Si2. The average molecular weight is 533 g/mol. The predicted octanol–water partition coefficient (Wildman–Crippen LogP) is -0.543. The Kier molecular flexibility index (Phi) is 21.0. The number of aliphatic hydroxyl groups is 2. The molecule has 0 aliphatic carbocycles. The van der Waals surface area contributed by atoms with E-state index in [1.165, 1.54) is 0 Å². The van der Waals surface area contributed by atoms with E-state index in [9.17, 15) is 10.2 Å². The molecule has 0 aromatic carbocycles. The molecule has 206 valence electrons. The van der Waals surface area contributed by atoms with Crippen LogP contribution in [0.3, 0.4) is 0 Å². The van der Waals surface area contributed by atoms with Crippen LogP contribution in [0.25, 0.3) is 0 Å². The maximum Gasteiger partial charge on any atom is 0.500 e. The lowest BCUT2D eigenvalue weighted by atomic mass is 10.3. The summed E-state index contributed by atoms with van der Waals surface area (Å²) in [6.45, 7) is 3.67. The molecule has 0 saturated heterocycles. The lowest BCUT2D eigenvalue weighted by Crippen LogP contribution is -2.42. The van der Waals surface area contributed by atoms with E-state index in [0.29, 0.717) is 51.5 Å². The molecule has 0 radical (unpaired) electrons. The van der Waals surface area contributed by atoms with Crippen LogP contribution in [0.4, 0.5) is 0 Å². The summed E-state index contributed by atoms with van der Waals surface area (Å²) in [6.07, 6.45) is 0.274. The van der Waals surface area contributed by atoms with Crippen molar-refractivity contribution in [3.63, 3.8) is 0 Å². The van der Waals surface area contributed by atoms with Gasteiger partial charge in [-0.2, -0.15) is 0 Å². The fourth-order valence-electron chi connectivity index (χ4n) is 3.16. The van der Waals surface area contributed by atoms with Crippen molar-refractivity contribution >= 4 is 17.6 Å². The highest BCUT2D eigenvalue weighted by Crippen LogP contribution is 2.15. The summed E-state index contributed by atoms with van der Waals surface area (Å²) in [7, 11) is 4.38. The molecule has 0 rings (SSSR count). The van der Waals surface area contributed by atoms with Gasteiger partial charge in [-0.15, -0.1) is 0 Å². The quantitative estimate of drug-likeness (QED) is 0.0887. The van der Waals surface area contributed by atoms with Crippen molar-refractivity contribution in [1.82, 2.24) is 10.6 Å². The van der Waals surface area contributed by atoms with Crippen LogP contribution < -0.4 is 10.6 Å². The molecule has 0 aliphatic heterocycles. The summed E-state index contributed by atoms with van der Waals surface area (Å²) in [6, 6.07) is 1.32. The minimum absolute atomic E-state index is 0.251. The van der Waals surface area contributed by atoms with Crippen molar-refractivity contribution in [2.24, 2.45) is 0 Å². The molecular weight excluding hydrogens is 484 g/mol. The van der Waals surface area contributed by atoms with Gasteiger partial charge in [0.25, 0.3) is 0 Å². The van der Waals surface area contributed by atoms with Crippen molar-refractivity contribution in [2.45, 2.75) is 37.1 Å². The fraction of sp³-hybridized carbons (Fsp3) is 1.00. The number of hydrogen-bond acceptors (Lipinski definition) is 12. The Bertz CT molecular complexity index is 407. The molecule has 0 bridgehead atoms. The first-order valence-corrected chi connectivity index (χ1v) is 15.5. The van der Waals surface area contributed by atoms with Crippen LogP contribution in [0, 0.1) is 0 Å². The number of aliphatic hydroxyl groups excluding tert-OH is 2. The number of nitrogens with one attached hydrogen (secondary N) is 2. The average Bonchev–Trinajstić information content (AvgIpc) is 2.86. The van der Waals surface area contributed by atoms with Gasteiger partial charge < -0.3 is 56.9 Å². The third-order valence-electron chi connectivity index (χ3n) is 5.27. The first kappa shape index (κ1) is 34.0. The minimum Gasteiger partial charge on any atom is -0.389 e. The lowest BCUT2D eigenvalue weighted by Gasteiger charge is -2.24. The lowest BCUT2D eigenvalue weighted by molar-refractivity contribution is 0.0337. The summed E-state index contributed by atoms with van der Waals surface area (Å²) in [5.74, 6) is 0. The van der Waals surface area contributed by atoms with Crippen molar-refractivity contribution in [1.29, 1.82) is 0 Å². The van der Waals surface area contributed by atoms with Gasteiger partial charge in [-0.3, -0.25) is 0 Å². The zero-order valence-electron chi connectivity index (χ0n) is 21.8. The van der Waals surface area contributed by atoms with Crippen molar-refractivity contribution in [2.75, 3.05) is 95.3 Å². The van der Waals surface area contributed by atoms with Crippen LogP contribution in [0.15, 0.2) is 0 Å². The third-order valence-corrected chi connectivity index (χ3v) is 10.9. The second-order valence-corrected chi connectivity index (χ2v) is 13.8. The van der Waals surface area contributed by atoms with Gasteiger partial charge in [-0.25, -0.2) is 0 Å². The standard InChI is InChI=1S/C20H48N2O10Si2/c1-25-33(26-2,27-3)13-7-11-31-17-19(23)15-21-9-10-22-16-20(24)18-32-12-8-14-34(28-4,29-5)30-6/h19-24H,7-18H2,1-6H3. The normalized spacial score (nSPS) is 14.5. The van der Waals surface area contributed by atoms with E-state index in [4.69, 9.17) is 36.0 Å². The smallest absolute Gasteiger partial charge is 0.389 e. The Morgan fingerprint density at radius 2 is 0.912 bits per heavy atom. The van der Waals surface area contributed by atoms with Crippen LogP contribution in [0.5, 0.6) is 0 Å². The predicted molar refractivity (Wildman–Crippen MR) is 132 cm³/mol. The molecule has 34 heavy (non-hydrogen) atoms. The second-order valence-electron chi connectivity index (χ2n) is 7.66. The Morgan fingerprint density at radius 1 is 0.588 bits per heavy atom.